The highest BCUT2D eigenvalue weighted by Gasteiger charge is 2.70. The van der Waals surface area contributed by atoms with Gasteiger partial charge >= 0.3 is 5.97 Å². The van der Waals surface area contributed by atoms with E-state index in [-0.39, 0.29) is 29.4 Å². The molecule has 0 aromatic carbocycles. The van der Waals surface area contributed by atoms with Gasteiger partial charge in [-0.25, -0.2) is 0 Å². The topological polar surface area (TPSA) is 107 Å². The number of aliphatic hydroxyl groups excluding tert-OH is 2. The first kappa shape index (κ1) is 26.9. The molecule has 4 N–H and O–H groups in total. The number of rotatable bonds is 6. The van der Waals surface area contributed by atoms with Crippen LogP contribution < -0.4 is 0 Å². The van der Waals surface area contributed by atoms with E-state index in [4.69, 9.17) is 4.74 Å². The summed E-state index contributed by atoms with van der Waals surface area (Å²) in [6.45, 7) is 12.5. The van der Waals surface area contributed by atoms with E-state index in [2.05, 4.69) is 27.7 Å². The van der Waals surface area contributed by atoms with Crippen molar-refractivity contribution < 1.29 is 30.0 Å². The summed E-state index contributed by atoms with van der Waals surface area (Å²) in [5, 5.41) is 44.6. The van der Waals surface area contributed by atoms with Crippen molar-refractivity contribution >= 4 is 5.97 Å². The molecule has 200 valence electrons. The van der Waals surface area contributed by atoms with Crippen molar-refractivity contribution in [1.29, 1.82) is 0 Å². The number of carbonyl (C=O) groups is 1. The van der Waals surface area contributed by atoms with E-state index in [9.17, 15) is 25.2 Å². The SMILES string of the molecule is CC(=O)O[C@H]1C[C@H]2[C@@H]3CC[C@H]([C@H](C)CCCC(C)C)[C@@]3(C)CC(O)[C@@H]2[C@]2(C)C1CC(O)=CC2(O)O. The first-order valence-corrected chi connectivity index (χ1v) is 13.9. The molecule has 0 aliphatic heterocycles. The molecule has 35 heavy (non-hydrogen) atoms. The van der Waals surface area contributed by atoms with Crippen molar-refractivity contribution in [1.82, 2.24) is 0 Å². The third-order valence-corrected chi connectivity index (χ3v) is 11.0. The number of aliphatic hydroxyl groups is 4. The van der Waals surface area contributed by atoms with Gasteiger partial charge in [-0.05, 0) is 66.6 Å². The monoisotopic (exact) mass is 492 g/mol. The number of allylic oxidation sites excluding steroid dienone is 1. The Morgan fingerprint density at radius 1 is 1.14 bits per heavy atom. The number of esters is 1. The third kappa shape index (κ3) is 4.35. The zero-order chi connectivity index (χ0) is 25.9. The number of hydrogen-bond donors (Lipinski definition) is 4. The molecular weight excluding hydrogens is 444 g/mol. The quantitative estimate of drug-likeness (QED) is 0.308. The highest BCUT2D eigenvalue weighted by atomic mass is 16.5. The van der Waals surface area contributed by atoms with Crippen molar-refractivity contribution in [2.24, 2.45) is 52.3 Å². The van der Waals surface area contributed by atoms with Gasteiger partial charge in [-0.3, -0.25) is 4.79 Å². The molecule has 0 bridgehead atoms. The lowest BCUT2D eigenvalue weighted by atomic mass is 9.42. The van der Waals surface area contributed by atoms with Crippen molar-refractivity contribution in [2.45, 2.75) is 111 Å². The number of carbonyl (C=O) groups excluding carboxylic acids is 1. The summed E-state index contributed by atoms with van der Waals surface area (Å²) in [7, 11) is 0. The van der Waals surface area contributed by atoms with E-state index >= 15 is 0 Å². The molecule has 3 saturated carbocycles. The lowest BCUT2D eigenvalue weighted by Gasteiger charge is -2.65. The second-order valence-corrected chi connectivity index (χ2v) is 13.4. The maximum absolute atomic E-state index is 12.1. The first-order valence-electron chi connectivity index (χ1n) is 13.9. The Morgan fingerprint density at radius 3 is 2.46 bits per heavy atom. The summed E-state index contributed by atoms with van der Waals surface area (Å²) in [6.07, 6.45) is 7.25. The lowest BCUT2D eigenvalue weighted by molar-refractivity contribution is -0.308. The van der Waals surface area contributed by atoms with Gasteiger partial charge in [0.05, 0.1) is 11.9 Å². The second-order valence-electron chi connectivity index (χ2n) is 13.4. The maximum Gasteiger partial charge on any atom is 0.302 e. The summed E-state index contributed by atoms with van der Waals surface area (Å²) in [5.41, 5.74) is -1.16. The van der Waals surface area contributed by atoms with Gasteiger partial charge in [-0.1, -0.05) is 53.9 Å². The van der Waals surface area contributed by atoms with Gasteiger partial charge < -0.3 is 25.2 Å². The summed E-state index contributed by atoms with van der Waals surface area (Å²) in [6, 6.07) is 0. The molecule has 4 aliphatic carbocycles. The second kappa shape index (κ2) is 9.33. The van der Waals surface area contributed by atoms with Gasteiger partial charge in [0.1, 0.15) is 6.10 Å². The van der Waals surface area contributed by atoms with E-state index in [1.165, 1.54) is 26.2 Å². The molecule has 10 atom stereocenters. The van der Waals surface area contributed by atoms with Crippen LogP contribution in [0.25, 0.3) is 0 Å². The van der Waals surface area contributed by atoms with Gasteiger partial charge in [-0.15, -0.1) is 0 Å². The van der Waals surface area contributed by atoms with E-state index in [1.807, 2.05) is 6.92 Å². The molecule has 0 aromatic rings. The lowest BCUT2D eigenvalue weighted by Crippen LogP contribution is -2.69. The molecule has 0 aromatic heterocycles. The van der Waals surface area contributed by atoms with Crippen LogP contribution in [0.1, 0.15) is 92.9 Å². The summed E-state index contributed by atoms with van der Waals surface area (Å²) in [4.78, 5) is 12.1. The van der Waals surface area contributed by atoms with E-state index in [0.717, 1.165) is 18.9 Å². The average molecular weight is 493 g/mol. The normalized spacial score (nSPS) is 45.2. The zero-order valence-corrected chi connectivity index (χ0v) is 22.5. The van der Waals surface area contributed by atoms with Gasteiger partial charge in [-0.2, -0.15) is 0 Å². The molecule has 3 fully saturated rings. The van der Waals surface area contributed by atoms with Crippen LogP contribution in [-0.4, -0.2) is 44.4 Å². The Balaban J connectivity index is 1.68. The van der Waals surface area contributed by atoms with Gasteiger partial charge in [0.2, 0.25) is 0 Å². The van der Waals surface area contributed by atoms with Crippen LogP contribution in [0.5, 0.6) is 0 Å². The standard InChI is InChI=1S/C29H48O6/c1-16(2)8-7-9-17(3)21-10-11-22-20-13-25(35-18(4)30)23-12-19(31)14-29(33,34)28(23,6)26(20)24(32)15-27(21,22)5/h14,16-17,20-26,31-34H,7-13,15H2,1-6H3/t17-,20+,21-,22+,23?,24?,25+,26-,27-,28+/m1/s1. The molecule has 0 radical (unpaired) electrons. The summed E-state index contributed by atoms with van der Waals surface area (Å²) in [5.74, 6) is -1.43. The Kier molecular flexibility index (Phi) is 7.18. The third-order valence-electron chi connectivity index (χ3n) is 11.0. The Bertz CT molecular complexity index is 835. The zero-order valence-electron chi connectivity index (χ0n) is 22.5. The smallest absolute Gasteiger partial charge is 0.302 e. The minimum absolute atomic E-state index is 0.0227. The molecule has 4 rings (SSSR count). The van der Waals surface area contributed by atoms with Crippen LogP contribution in [-0.2, 0) is 9.53 Å². The average Bonchev–Trinajstić information content (AvgIpc) is 3.05. The Labute approximate surface area is 211 Å². The molecule has 0 saturated heterocycles. The molecule has 6 nitrogen and oxygen atoms in total. The van der Waals surface area contributed by atoms with Gasteiger partial charge in [0.25, 0.3) is 0 Å². The van der Waals surface area contributed by atoms with Crippen molar-refractivity contribution in [2.75, 3.05) is 0 Å². The highest BCUT2D eigenvalue weighted by Crippen LogP contribution is 2.69. The van der Waals surface area contributed by atoms with Crippen LogP contribution in [0.2, 0.25) is 0 Å². The van der Waals surface area contributed by atoms with Crippen molar-refractivity contribution in [3.63, 3.8) is 0 Å². The van der Waals surface area contributed by atoms with Crippen LogP contribution in [0.15, 0.2) is 11.8 Å². The molecular formula is C29H48O6. The summed E-state index contributed by atoms with van der Waals surface area (Å²) >= 11 is 0. The van der Waals surface area contributed by atoms with Crippen LogP contribution in [0.3, 0.4) is 0 Å². The number of hydrogen-bond acceptors (Lipinski definition) is 6. The fourth-order valence-electron chi connectivity index (χ4n) is 9.49. The first-order chi connectivity index (χ1) is 16.2. The Morgan fingerprint density at radius 2 is 1.83 bits per heavy atom. The maximum atomic E-state index is 12.1. The fourth-order valence-corrected chi connectivity index (χ4v) is 9.49. The van der Waals surface area contributed by atoms with E-state index in [0.29, 0.717) is 36.5 Å². The van der Waals surface area contributed by atoms with Crippen LogP contribution in [0.4, 0.5) is 0 Å². The van der Waals surface area contributed by atoms with Gasteiger partial charge in [0, 0.05) is 30.8 Å². The van der Waals surface area contributed by atoms with E-state index in [1.54, 1.807) is 0 Å². The van der Waals surface area contributed by atoms with Crippen LogP contribution in [0, 0.1) is 52.3 Å². The predicted molar refractivity (Wildman–Crippen MR) is 134 cm³/mol. The number of fused-ring (bicyclic) bond motifs is 5. The summed E-state index contributed by atoms with van der Waals surface area (Å²) < 4.78 is 5.80. The van der Waals surface area contributed by atoms with Gasteiger partial charge in [0.15, 0.2) is 5.79 Å². The molecule has 0 amide bonds. The van der Waals surface area contributed by atoms with Crippen LogP contribution >= 0.6 is 0 Å². The van der Waals surface area contributed by atoms with E-state index < -0.39 is 35.3 Å². The fraction of sp³-hybridized carbons (Fsp3) is 0.897. The van der Waals surface area contributed by atoms with Crippen molar-refractivity contribution in [3.05, 3.63) is 11.8 Å². The largest absolute Gasteiger partial charge is 0.512 e. The molecule has 6 heteroatoms. The Hall–Kier alpha value is -1.11. The predicted octanol–water partition coefficient (Wildman–Crippen LogP) is 4.96. The minimum Gasteiger partial charge on any atom is -0.512 e. The highest BCUT2D eigenvalue weighted by molar-refractivity contribution is 5.66. The molecule has 4 aliphatic rings. The van der Waals surface area contributed by atoms with Crippen molar-refractivity contribution in [3.8, 4) is 0 Å². The molecule has 0 heterocycles. The molecule has 0 spiro atoms. The number of ether oxygens (including phenoxy) is 1. The minimum atomic E-state index is -2.29. The molecule has 2 unspecified atom stereocenters.